The van der Waals surface area contributed by atoms with Crippen molar-refractivity contribution in [2.75, 3.05) is 0 Å². The smallest absolute Gasteiger partial charge is 0.270 e. The first-order valence-electron chi connectivity index (χ1n) is 7.89. The first kappa shape index (κ1) is 14.8. The Morgan fingerprint density at radius 1 is 1.36 bits per heavy atom. The Labute approximate surface area is 130 Å². The van der Waals surface area contributed by atoms with Gasteiger partial charge in [0.2, 0.25) is 0 Å². The van der Waals surface area contributed by atoms with Gasteiger partial charge in [-0.3, -0.25) is 10.1 Å². The SMILES string of the molecule is CC1=CC[C@@H](C(C)C)C[C@@H]1c1c[nH]c2ccc([N+](=O)[O-])cc12. The fraction of sp³-hybridized carbons (Fsp3) is 0.444. The lowest BCUT2D eigenvalue weighted by Gasteiger charge is -2.31. The highest BCUT2D eigenvalue weighted by Crippen LogP contribution is 2.42. The molecule has 1 aromatic heterocycles. The number of hydrogen-bond donors (Lipinski definition) is 1. The van der Waals surface area contributed by atoms with Crippen LogP contribution >= 0.6 is 0 Å². The van der Waals surface area contributed by atoms with E-state index in [9.17, 15) is 10.1 Å². The molecule has 0 radical (unpaired) electrons. The monoisotopic (exact) mass is 298 g/mol. The molecule has 0 bridgehead atoms. The second-order valence-corrected chi connectivity index (χ2v) is 6.71. The summed E-state index contributed by atoms with van der Waals surface area (Å²) in [4.78, 5) is 14.0. The Morgan fingerprint density at radius 2 is 2.14 bits per heavy atom. The number of aromatic amines is 1. The number of aromatic nitrogens is 1. The van der Waals surface area contributed by atoms with E-state index in [4.69, 9.17) is 0 Å². The maximum absolute atomic E-state index is 11.0. The van der Waals surface area contributed by atoms with Gasteiger partial charge in [-0.05, 0) is 43.2 Å². The largest absolute Gasteiger partial charge is 0.361 e. The van der Waals surface area contributed by atoms with Crippen molar-refractivity contribution in [1.82, 2.24) is 4.98 Å². The van der Waals surface area contributed by atoms with Crippen LogP contribution in [0.3, 0.4) is 0 Å². The summed E-state index contributed by atoms with van der Waals surface area (Å²) in [5, 5.41) is 12.0. The van der Waals surface area contributed by atoms with E-state index in [0.717, 1.165) is 23.7 Å². The first-order valence-corrected chi connectivity index (χ1v) is 7.89. The molecule has 2 atom stereocenters. The van der Waals surface area contributed by atoms with Crippen molar-refractivity contribution < 1.29 is 4.92 Å². The van der Waals surface area contributed by atoms with Gasteiger partial charge >= 0.3 is 0 Å². The number of benzene rings is 1. The molecule has 1 aromatic carbocycles. The minimum absolute atomic E-state index is 0.159. The molecule has 1 heterocycles. The highest BCUT2D eigenvalue weighted by molar-refractivity contribution is 5.86. The molecule has 1 N–H and O–H groups in total. The molecule has 0 aliphatic heterocycles. The van der Waals surface area contributed by atoms with Gasteiger partial charge in [-0.2, -0.15) is 0 Å². The number of allylic oxidation sites excluding steroid dienone is 2. The van der Waals surface area contributed by atoms with Crippen molar-refractivity contribution in [3.63, 3.8) is 0 Å². The van der Waals surface area contributed by atoms with Crippen LogP contribution in [0.25, 0.3) is 10.9 Å². The van der Waals surface area contributed by atoms with Crippen LogP contribution in [0.4, 0.5) is 5.69 Å². The molecule has 0 spiro atoms. The van der Waals surface area contributed by atoms with Crippen molar-refractivity contribution in [2.24, 2.45) is 11.8 Å². The maximum atomic E-state index is 11.0. The third-order valence-corrected chi connectivity index (χ3v) is 5.06. The lowest BCUT2D eigenvalue weighted by Crippen LogP contribution is -2.17. The summed E-state index contributed by atoms with van der Waals surface area (Å²) in [6.07, 6.45) is 6.63. The highest BCUT2D eigenvalue weighted by Gasteiger charge is 2.27. The van der Waals surface area contributed by atoms with E-state index in [1.165, 1.54) is 11.1 Å². The number of rotatable bonds is 3. The van der Waals surface area contributed by atoms with Crippen molar-refractivity contribution in [3.05, 3.63) is 51.7 Å². The molecule has 0 saturated carbocycles. The van der Waals surface area contributed by atoms with Crippen LogP contribution in [0.5, 0.6) is 0 Å². The van der Waals surface area contributed by atoms with E-state index in [0.29, 0.717) is 17.8 Å². The van der Waals surface area contributed by atoms with Crippen LogP contribution in [0.1, 0.15) is 45.1 Å². The van der Waals surface area contributed by atoms with Gasteiger partial charge in [-0.1, -0.05) is 25.5 Å². The van der Waals surface area contributed by atoms with E-state index in [1.54, 1.807) is 18.2 Å². The third-order valence-electron chi connectivity index (χ3n) is 5.06. The molecule has 4 heteroatoms. The molecule has 0 amide bonds. The summed E-state index contributed by atoms with van der Waals surface area (Å²) < 4.78 is 0. The molecule has 0 unspecified atom stereocenters. The van der Waals surface area contributed by atoms with Crippen LogP contribution in [0.15, 0.2) is 36.0 Å². The summed E-state index contributed by atoms with van der Waals surface area (Å²) in [6.45, 7) is 6.73. The van der Waals surface area contributed by atoms with Crippen molar-refractivity contribution in [3.8, 4) is 0 Å². The van der Waals surface area contributed by atoms with Gasteiger partial charge in [0, 0.05) is 35.2 Å². The Balaban J connectivity index is 2.05. The van der Waals surface area contributed by atoms with Gasteiger partial charge in [0.15, 0.2) is 0 Å². The Bertz CT molecular complexity index is 743. The quantitative estimate of drug-likeness (QED) is 0.482. The highest BCUT2D eigenvalue weighted by atomic mass is 16.6. The number of hydrogen-bond acceptors (Lipinski definition) is 2. The van der Waals surface area contributed by atoms with Gasteiger partial charge in [0.05, 0.1) is 4.92 Å². The van der Waals surface area contributed by atoms with Gasteiger partial charge < -0.3 is 4.98 Å². The molecular formula is C18H22N2O2. The number of nitro benzene ring substituents is 1. The lowest BCUT2D eigenvalue weighted by molar-refractivity contribution is -0.384. The summed E-state index contributed by atoms with van der Waals surface area (Å²) in [5.74, 6) is 1.70. The Morgan fingerprint density at radius 3 is 2.82 bits per heavy atom. The zero-order chi connectivity index (χ0) is 15.9. The molecule has 2 aromatic rings. The van der Waals surface area contributed by atoms with Crippen LogP contribution in [0.2, 0.25) is 0 Å². The summed E-state index contributed by atoms with van der Waals surface area (Å²) in [6, 6.07) is 5.06. The number of H-pyrrole nitrogens is 1. The molecule has 0 fully saturated rings. The van der Waals surface area contributed by atoms with Crippen LogP contribution in [0, 0.1) is 22.0 Å². The molecule has 22 heavy (non-hydrogen) atoms. The minimum Gasteiger partial charge on any atom is -0.361 e. The number of fused-ring (bicyclic) bond motifs is 1. The van der Waals surface area contributed by atoms with E-state index in [-0.39, 0.29) is 10.6 Å². The number of nitrogens with zero attached hydrogens (tertiary/aromatic N) is 1. The average molecular weight is 298 g/mol. The number of nitro groups is 1. The zero-order valence-corrected chi connectivity index (χ0v) is 13.3. The fourth-order valence-electron chi connectivity index (χ4n) is 3.51. The predicted octanol–water partition coefficient (Wildman–Crippen LogP) is 5.17. The first-order chi connectivity index (χ1) is 10.5. The summed E-state index contributed by atoms with van der Waals surface area (Å²) >= 11 is 0. The molecule has 1 aliphatic carbocycles. The molecule has 1 aliphatic rings. The standard InChI is InChI=1S/C18H22N2O2/c1-11(2)13-5-4-12(3)15(8-13)17-10-19-18-7-6-14(20(21)22)9-16(17)18/h4,6-7,9-11,13,15,19H,5,8H2,1-3H3/t13-,15+/m1/s1. The van der Waals surface area contributed by atoms with Crippen molar-refractivity contribution >= 4 is 16.6 Å². The number of non-ortho nitro benzene ring substituents is 1. The Kier molecular flexibility index (Phi) is 3.77. The van der Waals surface area contributed by atoms with Gasteiger partial charge in [-0.15, -0.1) is 0 Å². The lowest BCUT2D eigenvalue weighted by atomic mass is 9.74. The predicted molar refractivity (Wildman–Crippen MR) is 89.0 cm³/mol. The minimum atomic E-state index is -0.323. The van der Waals surface area contributed by atoms with E-state index in [2.05, 4.69) is 31.8 Å². The zero-order valence-electron chi connectivity index (χ0n) is 13.3. The van der Waals surface area contributed by atoms with Crippen LogP contribution in [-0.4, -0.2) is 9.91 Å². The molecule has 3 rings (SSSR count). The fourth-order valence-corrected chi connectivity index (χ4v) is 3.51. The van der Waals surface area contributed by atoms with E-state index in [1.807, 2.05) is 6.20 Å². The number of nitrogens with one attached hydrogen (secondary N) is 1. The second-order valence-electron chi connectivity index (χ2n) is 6.71. The van der Waals surface area contributed by atoms with Gasteiger partial charge in [-0.25, -0.2) is 0 Å². The molecule has 116 valence electrons. The van der Waals surface area contributed by atoms with E-state index < -0.39 is 0 Å². The summed E-state index contributed by atoms with van der Waals surface area (Å²) in [7, 11) is 0. The molecular weight excluding hydrogens is 276 g/mol. The average Bonchev–Trinajstić information content (AvgIpc) is 2.90. The van der Waals surface area contributed by atoms with Gasteiger partial charge in [0.25, 0.3) is 5.69 Å². The van der Waals surface area contributed by atoms with Crippen molar-refractivity contribution in [1.29, 1.82) is 0 Å². The maximum Gasteiger partial charge on any atom is 0.270 e. The third kappa shape index (κ3) is 2.54. The topological polar surface area (TPSA) is 58.9 Å². The summed E-state index contributed by atoms with van der Waals surface area (Å²) in [5.41, 5.74) is 3.70. The molecule has 4 nitrogen and oxygen atoms in total. The second kappa shape index (κ2) is 5.59. The van der Waals surface area contributed by atoms with Crippen LogP contribution in [-0.2, 0) is 0 Å². The normalized spacial score (nSPS) is 22.1. The van der Waals surface area contributed by atoms with Crippen molar-refractivity contribution in [2.45, 2.75) is 39.5 Å². The van der Waals surface area contributed by atoms with Crippen LogP contribution < -0.4 is 0 Å². The Hall–Kier alpha value is -2.10. The molecule has 0 saturated heterocycles. The van der Waals surface area contributed by atoms with Gasteiger partial charge in [0.1, 0.15) is 0 Å². The van der Waals surface area contributed by atoms with E-state index >= 15 is 0 Å².